The minimum absolute atomic E-state index is 0. The molecule has 3 rings (SSSR count). The number of aryl methyl sites for hydroxylation is 1. The zero-order valence-electron chi connectivity index (χ0n) is 16.1. The molecule has 27 heavy (non-hydrogen) atoms. The molecule has 0 bridgehead atoms. The van der Waals surface area contributed by atoms with Gasteiger partial charge in [0.1, 0.15) is 12.1 Å². The summed E-state index contributed by atoms with van der Waals surface area (Å²) in [6, 6.07) is 7.13. The number of carbonyl (C=O) groups is 3. The van der Waals surface area contributed by atoms with Crippen LogP contribution in [-0.2, 0) is 15.1 Å². The Balaban J connectivity index is 0.00000261. The molecule has 2 aliphatic rings. The Morgan fingerprint density at radius 1 is 1.22 bits per heavy atom. The van der Waals surface area contributed by atoms with Crippen molar-refractivity contribution < 1.29 is 14.4 Å². The Bertz CT molecular complexity index is 739. The van der Waals surface area contributed by atoms with Gasteiger partial charge in [0, 0.05) is 25.2 Å². The first-order valence-electron chi connectivity index (χ1n) is 8.98. The van der Waals surface area contributed by atoms with Crippen LogP contribution in [0.25, 0.3) is 0 Å². The summed E-state index contributed by atoms with van der Waals surface area (Å²) in [4.78, 5) is 40.8. The molecule has 4 amide bonds. The van der Waals surface area contributed by atoms with Gasteiger partial charge in [-0.05, 0) is 33.3 Å². The lowest BCUT2D eigenvalue weighted by Crippen LogP contribution is -2.59. The van der Waals surface area contributed by atoms with Gasteiger partial charge in [0.15, 0.2) is 0 Å². The van der Waals surface area contributed by atoms with Crippen molar-refractivity contribution in [2.45, 2.75) is 45.3 Å². The zero-order valence-corrected chi connectivity index (χ0v) is 16.9. The second-order valence-corrected chi connectivity index (χ2v) is 7.38. The molecule has 7 nitrogen and oxygen atoms in total. The Morgan fingerprint density at radius 2 is 1.85 bits per heavy atom. The van der Waals surface area contributed by atoms with Crippen molar-refractivity contribution in [2.75, 3.05) is 19.6 Å². The summed E-state index contributed by atoms with van der Waals surface area (Å²) in [5, 5.41) is 6.06. The molecular formula is C19H27ClN4O3. The summed E-state index contributed by atoms with van der Waals surface area (Å²) >= 11 is 0. The third-order valence-corrected chi connectivity index (χ3v) is 5.55. The maximum atomic E-state index is 12.9. The lowest BCUT2D eigenvalue weighted by molar-refractivity contribution is -0.141. The van der Waals surface area contributed by atoms with E-state index in [0.29, 0.717) is 18.7 Å². The van der Waals surface area contributed by atoms with Gasteiger partial charge in [-0.1, -0.05) is 29.8 Å². The van der Waals surface area contributed by atoms with Crippen molar-refractivity contribution in [3.05, 3.63) is 35.4 Å². The lowest BCUT2D eigenvalue weighted by Gasteiger charge is -2.39. The van der Waals surface area contributed by atoms with Gasteiger partial charge in [0.05, 0.1) is 0 Å². The molecule has 0 aliphatic carbocycles. The SMILES string of the molecule is Cc1ccc(C2(C)NC(=O)N(CC(=O)N3CCNC(C)C3C)C2=O)cc1.Cl. The van der Waals surface area contributed by atoms with Gasteiger partial charge in [-0.15, -0.1) is 12.4 Å². The predicted octanol–water partition coefficient (Wildman–Crippen LogP) is 1.39. The average molecular weight is 395 g/mol. The molecule has 0 saturated carbocycles. The number of hydrogen-bond acceptors (Lipinski definition) is 4. The minimum atomic E-state index is -1.15. The van der Waals surface area contributed by atoms with Crippen LogP contribution < -0.4 is 10.6 Å². The fraction of sp³-hybridized carbons (Fsp3) is 0.526. The van der Waals surface area contributed by atoms with Crippen LogP contribution in [0, 0.1) is 6.92 Å². The van der Waals surface area contributed by atoms with Crippen LogP contribution in [0.15, 0.2) is 24.3 Å². The summed E-state index contributed by atoms with van der Waals surface area (Å²) in [6.07, 6.45) is 0. The number of halogens is 1. The Morgan fingerprint density at radius 3 is 2.48 bits per heavy atom. The van der Waals surface area contributed by atoms with Crippen LogP contribution in [0.1, 0.15) is 31.9 Å². The molecule has 1 aromatic rings. The largest absolute Gasteiger partial charge is 0.336 e. The van der Waals surface area contributed by atoms with Crippen molar-refractivity contribution in [3.63, 3.8) is 0 Å². The minimum Gasteiger partial charge on any atom is -0.336 e. The summed E-state index contributed by atoms with van der Waals surface area (Å²) in [7, 11) is 0. The van der Waals surface area contributed by atoms with Gasteiger partial charge in [0.25, 0.3) is 5.91 Å². The van der Waals surface area contributed by atoms with Crippen molar-refractivity contribution >= 4 is 30.3 Å². The smallest absolute Gasteiger partial charge is 0.325 e. The van der Waals surface area contributed by atoms with Crippen molar-refractivity contribution in [3.8, 4) is 0 Å². The number of carbonyl (C=O) groups excluding carboxylic acids is 3. The molecule has 1 aromatic carbocycles. The number of hydrogen-bond donors (Lipinski definition) is 2. The van der Waals surface area contributed by atoms with Crippen molar-refractivity contribution in [2.24, 2.45) is 0 Å². The van der Waals surface area contributed by atoms with Gasteiger partial charge >= 0.3 is 6.03 Å². The van der Waals surface area contributed by atoms with Crippen LogP contribution in [0.3, 0.4) is 0 Å². The number of piperazine rings is 1. The summed E-state index contributed by atoms with van der Waals surface area (Å²) in [6.45, 7) is 8.67. The van der Waals surface area contributed by atoms with Crippen molar-refractivity contribution in [1.82, 2.24) is 20.4 Å². The molecule has 0 aromatic heterocycles. The van der Waals surface area contributed by atoms with Crippen LogP contribution in [-0.4, -0.2) is 59.4 Å². The summed E-state index contributed by atoms with van der Waals surface area (Å²) in [5.41, 5.74) is 0.636. The summed E-state index contributed by atoms with van der Waals surface area (Å²) in [5.74, 6) is -0.599. The van der Waals surface area contributed by atoms with Gasteiger partial charge < -0.3 is 15.5 Å². The standard InChI is InChI=1S/C19H26N4O3.ClH/c1-12-5-7-15(8-6-12)19(4)17(25)23(18(26)21-19)11-16(24)22-10-9-20-13(2)14(22)3;/h5-8,13-14,20H,9-11H2,1-4H3,(H,21,26);1H. The van der Waals surface area contributed by atoms with Crippen LogP contribution in [0.4, 0.5) is 4.79 Å². The van der Waals surface area contributed by atoms with E-state index in [1.54, 1.807) is 11.8 Å². The fourth-order valence-corrected chi connectivity index (χ4v) is 3.56. The molecule has 3 atom stereocenters. The van der Waals surface area contributed by atoms with E-state index in [0.717, 1.165) is 10.5 Å². The number of nitrogens with one attached hydrogen (secondary N) is 2. The molecule has 8 heteroatoms. The van der Waals surface area contributed by atoms with Crippen LogP contribution in [0.2, 0.25) is 0 Å². The monoisotopic (exact) mass is 394 g/mol. The quantitative estimate of drug-likeness (QED) is 0.759. The van der Waals surface area contributed by atoms with Gasteiger partial charge in [-0.3, -0.25) is 14.5 Å². The number of amides is 4. The molecule has 2 saturated heterocycles. The van der Waals surface area contributed by atoms with E-state index in [9.17, 15) is 14.4 Å². The number of nitrogens with zero attached hydrogens (tertiary/aromatic N) is 2. The second-order valence-electron chi connectivity index (χ2n) is 7.38. The number of rotatable bonds is 3. The molecule has 3 unspecified atom stereocenters. The van der Waals surface area contributed by atoms with E-state index < -0.39 is 17.5 Å². The highest BCUT2D eigenvalue weighted by Crippen LogP contribution is 2.29. The maximum absolute atomic E-state index is 12.9. The lowest BCUT2D eigenvalue weighted by atomic mass is 9.91. The van der Waals surface area contributed by atoms with Gasteiger partial charge in [0.2, 0.25) is 5.91 Å². The third-order valence-electron chi connectivity index (χ3n) is 5.55. The van der Waals surface area contributed by atoms with Gasteiger partial charge in [-0.2, -0.15) is 0 Å². The first kappa shape index (κ1) is 21.2. The van der Waals surface area contributed by atoms with E-state index in [-0.39, 0.29) is 36.9 Å². The fourth-order valence-electron chi connectivity index (χ4n) is 3.56. The molecule has 2 heterocycles. The number of imide groups is 1. The second kappa shape index (κ2) is 7.86. The highest BCUT2D eigenvalue weighted by Gasteiger charge is 2.49. The normalized spacial score (nSPS) is 28.0. The zero-order chi connectivity index (χ0) is 19.1. The first-order chi connectivity index (χ1) is 12.2. The molecule has 0 radical (unpaired) electrons. The highest BCUT2D eigenvalue weighted by molar-refractivity contribution is 6.09. The number of benzene rings is 1. The Labute approximate surface area is 165 Å². The molecular weight excluding hydrogens is 368 g/mol. The van der Waals surface area contributed by atoms with Crippen molar-refractivity contribution in [1.29, 1.82) is 0 Å². The van der Waals surface area contributed by atoms with Gasteiger partial charge in [-0.25, -0.2) is 4.79 Å². The van der Waals surface area contributed by atoms with Crippen LogP contribution >= 0.6 is 12.4 Å². The topological polar surface area (TPSA) is 81.8 Å². The highest BCUT2D eigenvalue weighted by atomic mass is 35.5. The third kappa shape index (κ3) is 3.80. The maximum Gasteiger partial charge on any atom is 0.325 e. The Kier molecular flexibility index (Phi) is 6.17. The first-order valence-corrected chi connectivity index (χ1v) is 8.98. The van der Waals surface area contributed by atoms with E-state index in [2.05, 4.69) is 10.6 Å². The number of urea groups is 1. The predicted molar refractivity (Wildman–Crippen MR) is 105 cm³/mol. The molecule has 148 valence electrons. The Hall–Kier alpha value is -2.12. The van der Waals surface area contributed by atoms with E-state index in [4.69, 9.17) is 0 Å². The molecule has 0 spiro atoms. The van der Waals surface area contributed by atoms with E-state index in [1.807, 2.05) is 45.0 Å². The van der Waals surface area contributed by atoms with E-state index >= 15 is 0 Å². The molecule has 2 fully saturated rings. The average Bonchev–Trinajstić information content (AvgIpc) is 2.82. The molecule has 2 N–H and O–H groups in total. The van der Waals surface area contributed by atoms with E-state index in [1.165, 1.54) is 0 Å². The van der Waals surface area contributed by atoms with Crippen LogP contribution in [0.5, 0.6) is 0 Å². The summed E-state index contributed by atoms with van der Waals surface area (Å²) < 4.78 is 0. The molecule has 2 aliphatic heterocycles.